The summed E-state index contributed by atoms with van der Waals surface area (Å²) in [4.78, 5) is 11.5. The highest BCUT2D eigenvalue weighted by molar-refractivity contribution is 7.88. The maximum atomic E-state index is 11.5. The Bertz CT molecular complexity index is 408. The number of rotatable bonds is 6. The van der Waals surface area contributed by atoms with Gasteiger partial charge >= 0.3 is 0 Å². The van der Waals surface area contributed by atoms with Gasteiger partial charge in [0.25, 0.3) is 0 Å². The molecule has 6 heteroatoms. The zero-order valence-electron chi connectivity index (χ0n) is 10.8. The molecule has 2 aliphatic carbocycles. The van der Waals surface area contributed by atoms with Gasteiger partial charge in [-0.1, -0.05) is 6.42 Å². The molecule has 0 radical (unpaired) electrons. The lowest BCUT2D eigenvalue weighted by Gasteiger charge is -2.21. The van der Waals surface area contributed by atoms with E-state index < -0.39 is 10.0 Å². The van der Waals surface area contributed by atoms with E-state index in [1.165, 1.54) is 25.7 Å². The first-order valence-electron chi connectivity index (χ1n) is 6.65. The Hall–Kier alpha value is -0.620. The van der Waals surface area contributed by atoms with Crippen molar-refractivity contribution < 1.29 is 13.2 Å². The first-order chi connectivity index (χ1) is 8.44. The summed E-state index contributed by atoms with van der Waals surface area (Å²) < 4.78 is 24.0. The van der Waals surface area contributed by atoms with Crippen LogP contribution in [0.1, 0.15) is 32.1 Å². The Balaban J connectivity index is 1.60. The van der Waals surface area contributed by atoms with Crippen molar-refractivity contribution in [3.63, 3.8) is 0 Å². The highest BCUT2D eigenvalue weighted by Crippen LogP contribution is 2.47. The normalized spacial score (nSPS) is 30.6. The van der Waals surface area contributed by atoms with E-state index in [-0.39, 0.29) is 18.9 Å². The van der Waals surface area contributed by atoms with Gasteiger partial charge in [0, 0.05) is 19.5 Å². The van der Waals surface area contributed by atoms with Gasteiger partial charge in [-0.05, 0) is 37.0 Å². The summed E-state index contributed by atoms with van der Waals surface area (Å²) in [7, 11) is -3.19. The molecular weight excluding hydrogens is 252 g/mol. The van der Waals surface area contributed by atoms with Crippen molar-refractivity contribution in [2.75, 3.05) is 19.3 Å². The second-order valence-corrected chi connectivity index (χ2v) is 7.49. The molecule has 2 fully saturated rings. The number of hydrogen-bond donors (Lipinski definition) is 2. The van der Waals surface area contributed by atoms with Gasteiger partial charge in [-0.15, -0.1) is 0 Å². The zero-order valence-corrected chi connectivity index (χ0v) is 11.6. The van der Waals surface area contributed by atoms with Gasteiger partial charge in [0.05, 0.1) is 6.26 Å². The molecule has 0 aromatic heterocycles. The van der Waals surface area contributed by atoms with E-state index in [9.17, 15) is 13.2 Å². The van der Waals surface area contributed by atoms with Crippen LogP contribution in [0.5, 0.6) is 0 Å². The summed E-state index contributed by atoms with van der Waals surface area (Å²) in [5.74, 6) is 2.29. The first kappa shape index (κ1) is 13.8. The number of amides is 1. The highest BCUT2D eigenvalue weighted by atomic mass is 32.2. The van der Waals surface area contributed by atoms with Crippen molar-refractivity contribution in [1.82, 2.24) is 10.0 Å². The minimum Gasteiger partial charge on any atom is -0.356 e. The molecule has 0 aliphatic heterocycles. The van der Waals surface area contributed by atoms with E-state index in [2.05, 4.69) is 10.0 Å². The van der Waals surface area contributed by atoms with Crippen LogP contribution in [0.25, 0.3) is 0 Å². The summed E-state index contributed by atoms with van der Waals surface area (Å²) in [6, 6.07) is 0. The predicted octanol–water partition coefficient (Wildman–Crippen LogP) is 0.478. The number of nitrogens with one attached hydrogen (secondary N) is 2. The maximum absolute atomic E-state index is 11.5. The summed E-state index contributed by atoms with van der Waals surface area (Å²) >= 11 is 0. The molecule has 0 heterocycles. The van der Waals surface area contributed by atoms with Crippen LogP contribution >= 0.6 is 0 Å². The standard InChI is InChI=1S/C12H22N2O3S/c1-18(16,17)14-5-4-12(15)13-8-11-7-9-2-3-10(11)6-9/h9-11,14H,2-8H2,1H3,(H,13,15)/t9-,10-,11-/m0/s1. The molecule has 2 aliphatic rings. The second kappa shape index (κ2) is 5.57. The van der Waals surface area contributed by atoms with Crippen molar-refractivity contribution >= 4 is 15.9 Å². The minimum absolute atomic E-state index is 0.0612. The molecule has 0 saturated heterocycles. The molecular formula is C12H22N2O3S. The van der Waals surface area contributed by atoms with Crippen LogP contribution in [0.3, 0.4) is 0 Å². The van der Waals surface area contributed by atoms with Crippen LogP contribution in [-0.2, 0) is 14.8 Å². The lowest BCUT2D eigenvalue weighted by Crippen LogP contribution is -2.34. The Labute approximate surface area is 109 Å². The van der Waals surface area contributed by atoms with Crippen LogP contribution in [0.2, 0.25) is 0 Å². The third-order valence-electron chi connectivity index (χ3n) is 4.16. The fourth-order valence-electron chi connectivity index (χ4n) is 3.31. The maximum Gasteiger partial charge on any atom is 0.221 e. The molecule has 0 unspecified atom stereocenters. The van der Waals surface area contributed by atoms with Gasteiger partial charge in [-0.25, -0.2) is 13.1 Å². The molecule has 1 amide bonds. The third kappa shape index (κ3) is 3.95. The summed E-state index contributed by atoms with van der Waals surface area (Å²) in [5, 5.41) is 2.92. The fourth-order valence-corrected chi connectivity index (χ4v) is 3.78. The van der Waals surface area contributed by atoms with Gasteiger partial charge in [0.2, 0.25) is 15.9 Å². The average molecular weight is 274 g/mol. The average Bonchev–Trinajstić information content (AvgIpc) is 2.86. The Kier molecular flexibility index (Phi) is 4.27. The number of carbonyl (C=O) groups is 1. The molecule has 0 spiro atoms. The van der Waals surface area contributed by atoms with E-state index >= 15 is 0 Å². The smallest absolute Gasteiger partial charge is 0.221 e. The van der Waals surface area contributed by atoms with E-state index in [4.69, 9.17) is 0 Å². The Morgan fingerprint density at radius 2 is 2.06 bits per heavy atom. The number of hydrogen-bond acceptors (Lipinski definition) is 3. The van der Waals surface area contributed by atoms with Crippen molar-refractivity contribution in [3.8, 4) is 0 Å². The largest absolute Gasteiger partial charge is 0.356 e. The topological polar surface area (TPSA) is 75.3 Å². The van der Waals surface area contributed by atoms with E-state index in [0.717, 1.165) is 24.6 Å². The predicted molar refractivity (Wildman–Crippen MR) is 69.4 cm³/mol. The molecule has 18 heavy (non-hydrogen) atoms. The molecule has 2 N–H and O–H groups in total. The minimum atomic E-state index is -3.19. The van der Waals surface area contributed by atoms with Crippen molar-refractivity contribution in [2.24, 2.45) is 17.8 Å². The summed E-state index contributed by atoms with van der Waals surface area (Å²) in [6.07, 6.45) is 6.60. The van der Waals surface area contributed by atoms with Crippen molar-refractivity contribution in [2.45, 2.75) is 32.1 Å². The SMILES string of the molecule is CS(=O)(=O)NCCC(=O)NC[C@@H]1C[C@H]2CC[C@H]1C2. The van der Waals surface area contributed by atoms with E-state index in [1.807, 2.05) is 0 Å². The Morgan fingerprint density at radius 3 is 2.61 bits per heavy atom. The van der Waals surface area contributed by atoms with Crippen LogP contribution < -0.4 is 10.0 Å². The second-order valence-electron chi connectivity index (χ2n) is 5.66. The van der Waals surface area contributed by atoms with Gasteiger partial charge in [-0.2, -0.15) is 0 Å². The molecule has 5 nitrogen and oxygen atoms in total. The van der Waals surface area contributed by atoms with Gasteiger partial charge in [-0.3, -0.25) is 4.79 Å². The monoisotopic (exact) mass is 274 g/mol. The quantitative estimate of drug-likeness (QED) is 0.739. The lowest BCUT2D eigenvalue weighted by atomic mass is 9.89. The lowest BCUT2D eigenvalue weighted by molar-refractivity contribution is -0.121. The fraction of sp³-hybridized carbons (Fsp3) is 0.917. The van der Waals surface area contributed by atoms with Crippen LogP contribution in [0.15, 0.2) is 0 Å². The van der Waals surface area contributed by atoms with Gasteiger partial charge in [0.15, 0.2) is 0 Å². The van der Waals surface area contributed by atoms with Gasteiger partial charge in [0.1, 0.15) is 0 Å². The molecule has 2 saturated carbocycles. The van der Waals surface area contributed by atoms with Crippen LogP contribution in [-0.4, -0.2) is 33.7 Å². The van der Waals surface area contributed by atoms with Crippen LogP contribution in [0, 0.1) is 17.8 Å². The van der Waals surface area contributed by atoms with Crippen molar-refractivity contribution in [1.29, 1.82) is 0 Å². The van der Waals surface area contributed by atoms with Crippen LogP contribution in [0.4, 0.5) is 0 Å². The molecule has 104 valence electrons. The molecule has 2 rings (SSSR count). The van der Waals surface area contributed by atoms with Gasteiger partial charge < -0.3 is 5.32 Å². The van der Waals surface area contributed by atoms with Crippen molar-refractivity contribution in [3.05, 3.63) is 0 Å². The van der Waals surface area contributed by atoms with E-state index in [0.29, 0.717) is 5.92 Å². The third-order valence-corrected chi connectivity index (χ3v) is 4.89. The summed E-state index contributed by atoms with van der Waals surface area (Å²) in [6.45, 7) is 0.945. The molecule has 0 aromatic carbocycles. The molecule has 3 atom stereocenters. The number of carbonyl (C=O) groups excluding carboxylic acids is 1. The highest BCUT2D eigenvalue weighted by Gasteiger charge is 2.39. The number of fused-ring (bicyclic) bond motifs is 2. The first-order valence-corrected chi connectivity index (χ1v) is 8.54. The Morgan fingerprint density at radius 1 is 1.28 bits per heavy atom. The van der Waals surface area contributed by atoms with E-state index in [1.54, 1.807) is 0 Å². The molecule has 0 aromatic rings. The zero-order chi connectivity index (χ0) is 13.2. The number of sulfonamides is 1. The summed E-state index contributed by atoms with van der Waals surface area (Å²) in [5.41, 5.74) is 0. The molecule has 2 bridgehead atoms.